The lowest BCUT2D eigenvalue weighted by molar-refractivity contribution is -0.114. The number of ether oxygens (including phenoxy) is 1. The number of carbonyl (C=O) groups is 2. The summed E-state index contributed by atoms with van der Waals surface area (Å²) in [5.74, 6) is -12.3. The number of nitrogens with zero attached hydrogens (tertiary/aromatic N) is 2. The lowest BCUT2D eigenvalue weighted by Crippen LogP contribution is -2.25. The van der Waals surface area contributed by atoms with E-state index in [1.807, 2.05) is 0 Å². The SMILES string of the molecule is COC(=O)c1cccc(-c2ccc(C=C3C(=O)N(c4c(F)c(F)c(F)c(F)c4F)N=C3C)o2)c1. The first kappa shape index (κ1) is 22.9. The Kier molecular flexibility index (Phi) is 5.78. The fourth-order valence-corrected chi connectivity index (χ4v) is 3.26. The van der Waals surface area contributed by atoms with Crippen molar-refractivity contribution < 1.29 is 40.7 Å². The van der Waals surface area contributed by atoms with Crippen LogP contribution >= 0.6 is 0 Å². The van der Waals surface area contributed by atoms with Gasteiger partial charge >= 0.3 is 5.97 Å². The topological polar surface area (TPSA) is 72.1 Å². The Balaban J connectivity index is 1.68. The largest absolute Gasteiger partial charge is 0.465 e. The van der Waals surface area contributed by atoms with Crippen molar-refractivity contribution >= 4 is 29.4 Å². The van der Waals surface area contributed by atoms with Gasteiger partial charge in [-0.25, -0.2) is 26.7 Å². The zero-order valence-corrected chi connectivity index (χ0v) is 17.5. The number of hydrazone groups is 1. The highest BCUT2D eigenvalue weighted by Gasteiger charge is 2.37. The van der Waals surface area contributed by atoms with Gasteiger partial charge in [0.1, 0.15) is 17.2 Å². The summed E-state index contributed by atoms with van der Waals surface area (Å²) in [5.41, 5.74) is -0.904. The van der Waals surface area contributed by atoms with Crippen LogP contribution in [0.1, 0.15) is 23.0 Å². The quantitative estimate of drug-likeness (QED) is 0.170. The number of hydrogen-bond donors (Lipinski definition) is 0. The van der Waals surface area contributed by atoms with Crippen LogP contribution in [0.5, 0.6) is 0 Å². The van der Waals surface area contributed by atoms with Crippen molar-refractivity contribution in [1.29, 1.82) is 0 Å². The minimum absolute atomic E-state index is 0.0421. The monoisotopic (exact) mass is 476 g/mol. The second-order valence-corrected chi connectivity index (χ2v) is 7.05. The van der Waals surface area contributed by atoms with Gasteiger partial charge in [-0.2, -0.15) is 10.1 Å². The van der Waals surface area contributed by atoms with Gasteiger partial charge in [-0.05, 0) is 37.3 Å². The molecule has 0 radical (unpaired) electrons. The molecule has 1 aliphatic rings. The Morgan fingerprint density at radius 2 is 1.65 bits per heavy atom. The van der Waals surface area contributed by atoms with Gasteiger partial charge in [-0.15, -0.1) is 0 Å². The lowest BCUT2D eigenvalue weighted by Gasteiger charge is -2.14. The van der Waals surface area contributed by atoms with E-state index < -0.39 is 46.6 Å². The van der Waals surface area contributed by atoms with E-state index >= 15 is 0 Å². The molecule has 0 unspecified atom stereocenters. The molecule has 6 nitrogen and oxygen atoms in total. The fourth-order valence-electron chi connectivity index (χ4n) is 3.26. The third-order valence-corrected chi connectivity index (χ3v) is 4.94. The number of furan rings is 1. The van der Waals surface area contributed by atoms with E-state index in [4.69, 9.17) is 4.42 Å². The van der Waals surface area contributed by atoms with Crippen LogP contribution in [0.2, 0.25) is 0 Å². The number of methoxy groups -OCH3 is 1. The van der Waals surface area contributed by atoms with Gasteiger partial charge in [0.05, 0.1) is 24.0 Å². The highest BCUT2D eigenvalue weighted by atomic mass is 19.2. The number of halogens is 5. The second kappa shape index (κ2) is 8.58. The fraction of sp³-hybridized carbons (Fsp3) is 0.0870. The summed E-state index contributed by atoms with van der Waals surface area (Å²) in [6, 6.07) is 9.39. The zero-order valence-electron chi connectivity index (χ0n) is 17.5. The molecule has 0 saturated heterocycles. The molecule has 0 fully saturated rings. The molecule has 1 aromatic heterocycles. The minimum Gasteiger partial charge on any atom is -0.465 e. The first-order chi connectivity index (χ1) is 16.1. The van der Waals surface area contributed by atoms with Crippen LogP contribution in [0.4, 0.5) is 27.6 Å². The molecule has 0 atom stereocenters. The van der Waals surface area contributed by atoms with Gasteiger partial charge in [0.15, 0.2) is 23.3 Å². The van der Waals surface area contributed by atoms with E-state index in [1.54, 1.807) is 24.3 Å². The summed E-state index contributed by atoms with van der Waals surface area (Å²) in [4.78, 5) is 24.5. The maximum Gasteiger partial charge on any atom is 0.337 e. The van der Waals surface area contributed by atoms with Gasteiger partial charge in [-0.3, -0.25) is 4.79 Å². The summed E-state index contributed by atoms with van der Waals surface area (Å²) >= 11 is 0. The third-order valence-electron chi connectivity index (χ3n) is 4.94. The number of amides is 1. The van der Waals surface area contributed by atoms with Gasteiger partial charge < -0.3 is 9.15 Å². The van der Waals surface area contributed by atoms with Crippen molar-refractivity contribution in [2.24, 2.45) is 5.10 Å². The molecular formula is C23H13F5N2O4. The van der Waals surface area contributed by atoms with Crippen LogP contribution in [0.25, 0.3) is 17.4 Å². The first-order valence-electron chi connectivity index (χ1n) is 9.55. The molecule has 0 aliphatic carbocycles. The molecule has 34 heavy (non-hydrogen) atoms. The van der Waals surface area contributed by atoms with Gasteiger partial charge in [0.25, 0.3) is 5.91 Å². The molecule has 0 spiro atoms. The molecule has 2 aromatic carbocycles. The molecule has 0 saturated carbocycles. The molecule has 0 bridgehead atoms. The van der Waals surface area contributed by atoms with E-state index in [-0.39, 0.29) is 27.6 Å². The Hall–Kier alpha value is -4.28. The predicted octanol–water partition coefficient (Wildman–Crippen LogP) is 5.23. The van der Waals surface area contributed by atoms with Crippen LogP contribution in [0.15, 0.2) is 51.5 Å². The number of benzene rings is 2. The van der Waals surface area contributed by atoms with E-state index in [0.717, 1.165) is 0 Å². The third kappa shape index (κ3) is 3.74. The number of rotatable bonds is 4. The highest BCUT2D eigenvalue weighted by Crippen LogP contribution is 2.34. The van der Waals surface area contributed by atoms with Crippen LogP contribution < -0.4 is 5.01 Å². The average molecular weight is 476 g/mol. The van der Waals surface area contributed by atoms with Gasteiger partial charge in [-0.1, -0.05) is 12.1 Å². The van der Waals surface area contributed by atoms with E-state index in [9.17, 15) is 31.5 Å². The summed E-state index contributed by atoms with van der Waals surface area (Å²) in [6.07, 6.45) is 1.21. The number of anilines is 1. The highest BCUT2D eigenvalue weighted by molar-refractivity contribution is 6.32. The minimum atomic E-state index is -2.35. The molecule has 1 aliphatic heterocycles. The molecule has 1 amide bonds. The van der Waals surface area contributed by atoms with E-state index in [2.05, 4.69) is 9.84 Å². The van der Waals surface area contributed by atoms with Crippen molar-refractivity contribution in [3.8, 4) is 11.3 Å². The Morgan fingerprint density at radius 3 is 2.29 bits per heavy atom. The number of carbonyl (C=O) groups excluding carboxylic acids is 2. The van der Waals surface area contributed by atoms with Crippen molar-refractivity contribution in [3.63, 3.8) is 0 Å². The Bertz CT molecular complexity index is 1380. The Labute approximate surface area is 188 Å². The standard InChI is InChI=1S/C23H13F5N2O4/c1-10-14(22(31)30(29-10)21-19(27)17(25)16(24)18(26)20(21)28)9-13-6-7-15(34-13)11-4-3-5-12(8-11)23(32)33-2/h3-9H,1-2H3. The smallest absolute Gasteiger partial charge is 0.337 e. The molecule has 3 aromatic rings. The van der Waals surface area contributed by atoms with Gasteiger partial charge in [0, 0.05) is 5.56 Å². The van der Waals surface area contributed by atoms with Crippen LogP contribution in [0, 0.1) is 29.1 Å². The normalized spacial score (nSPS) is 14.7. The summed E-state index contributed by atoms with van der Waals surface area (Å²) in [6.45, 7) is 1.32. The summed E-state index contributed by atoms with van der Waals surface area (Å²) in [5, 5.41) is 3.77. The lowest BCUT2D eigenvalue weighted by atomic mass is 10.1. The maximum absolute atomic E-state index is 14.2. The van der Waals surface area contributed by atoms with Crippen LogP contribution in [0.3, 0.4) is 0 Å². The van der Waals surface area contributed by atoms with Crippen molar-refractivity contribution in [1.82, 2.24) is 0 Å². The number of hydrogen-bond acceptors (Lipinski definition) is 5. The van der Waals surface area contributed by atoms with E-state index in [0.29, 0.717) is 11.3 Å². The molecule has 174 valence electrons. The van der Waals surface area contributed by atoms with Crippen molar-refractivity contribution in [3.05, 3.63) is 82.4 Å². The second-order valence-electron chi connectivity index (χ2n) is 7.05. The molecule has 11 heteroatoms. The van der Waals surface area contributed by atoms with Crippen LogP contribution in [-0.4, -0.2) is 24.7 Å². The predicted molar refractivity (Wildman–Crippen MR) is 110 cm³/mol. The molecule has 4 rings (SSSR count). The zero-order chi connectivity index (χ0) is 24.7. The Morgan fingerprint density at radius 1 is 1.00 bits per heavy atom. The molecular weight excluding hydrogens is 463 g/mol. The molecule has 0 N–H and O–H groups in total. The average Bonchev–Trinajstić information content (AvgIpc) is 3.42. The molecule has 2 heterocycles. The summed E-state index contributed by atoms with van der Waals surface area (Å²) in [7, 11) is 1.24. The maximum atomic E-state index is 14.2. The summed E-state index contributed by atoms with van der Waals surface area (Å²) < 4.78 is 79.2. The van der Waals surface area contributed by atoms with Crippen molar-refractivity contribution in [2.45, 2.75) is 6.92 Å². The van der Waals surface area contributed by atoms with Gasteiger partial charge in [0.2, 0.25) is 5.82 Å². The van der Waals surface area contributed by atoms with Crippen molar-refractivity contribution in [2.75, 3.05) is 12.1 Å². The van der Waals surface area contributed by atoms with Crippen LogP contribution in [-0.2, 0) is 9.53 Å². The first-order valence-corrected chi connectivity index (χ1v) is 9.55. The number of esters is 1. The van der Waals surface area contributed by atoms with E-state index in [1.165, 1.54) is 32.2 Å².